The highest BCUT2D eigenvalue weighted by atomic mass is 16.5. The van der Waals surface area contributed by atoms with E-state index >= 15 is 0 Å². The summed E-state index contributed by atoms with van der Waals surface area (Å²) < 4.78 is 5.06. The molecule has 3 nitrogen and oxygen atoms in total. The van der Waals surface area contributed by atoms with Gasteiger partial charge in [0.1, 0.15) is 0 Å². The molecule has 0 heterocycles. The fraction of sp³-hybridized carbons (Fsp3) is 0.0455. The quantitative estimate of drug-likeness (QED) is 0.531. The first-order valence-electron chi connectivity index (χ1n) is 7.92. The van der Waals surface area contributed by atoms with Crippen LogP contribution in [0.2, 0.25) is 0 Å². The van der Waals surface area contributed by atoms with Gasteiger partial charge in [0.05, 0.1) is 7.11 Å². The van der Waals surface area contributed by atoms with Crippen LogP contribution in [0.1, 0.15) is 15.9 Å². The molecule has 0 radical (unpaired) electrons. The molecule has 3 heteroatoms. The molecular formula is C22H18O3. The minimum absolute atomic E-state index is 0.0717. The van der Waals surface area contributed by atoms with Crippen LogP contribution in [-0.2, 0) is 0 Å². The first kappa shape index (κ1) is 16.5. The van der Waals surface area contributed by atoms with Gasteiger partial charge >= 0.3 is 0 Å². The molecule has 0 spiro atoms. The second kappa shape index (κ2) is 7.49. The summed E-state index contributed by atoms with van der Waals surface area (Å²) in [5.41, 5.74) is 3.60. The van der Waals surface area contributed by atoms with Crippen LogP contribution >= 0.6 is 0 Å². The minimum atomic E-state index is -0.0772. The molecule has 0 amide bonds. The fourth-order valence-electron chi connectivity index (χ4n) is 2.52. The number of hydrogen-bond acceptors (Lipinski definition) is 3. The second-order valence-electron chi connectivity index (χ2n) is 5.57. The smallest absolute Gasteiger partial charge is 0.185 e. The van der Waals surface area contributed by atoms with Crippen LogP contribution in [0.5, 0.6) is 11.5 Å². The summed E-state index contributed by atoms with van der Waals surface area (Å²) in [7, 11) is 1.49. The van der Waals surface area contributed by atoms with Crippen LogP contribution in [0.15, 0.2) is 78.9 Å². The number of benzene rings is 3. The second-order valence-corrected chi connectivity index (χ2v) is 5.57. The summed E-state index contributed by atoms with van der Waals surface area (Å²) in [5.74, 6) is 0.371. The standard InChI is InChI=1S/C22H18O3/c1-25-22-15-16(8-14-21(22)24)7-13-20(23)19-11-9-18(10-12-19)17-5-3-2-4-6-17/h2-15,24H,1H3/b13-7+. The van der Waals surface area contributed by atoms with E-state index in [0.717, 1.165) is 16.7 Å². The van der Waals surface area contributed by atoms with Crippen molar-refractivity contribution in [2.75, 3.05) is 7.11 Å². The number of methoxy groups -OCH3 is 1. The van der Waals surface area contributed by atoms with E-state index in [9.17, 15) is 9.90 Å². The molecule has 0 aliphatic rings. The SMILES string of the molecule is COc1cc(/C=C/C(=O)c2ccc(-c3ccccc3)cc2)ccc1O. The third-order valence-electron chi connectivity index (χ3n) is 3.91. The van der Waals surface area contributed by atoms with Crippen molar-refractivity contribution in [1.29, 1.82) is 0 Å². The number of rotatable bonds is 5. The molecule has 0 fully saturated rings. The summed E-state index contributed by atoms with van der Waals surface area (Å²) in [6.07, 6.45) is 3.22. The van der Waals surface area contributed by atoms with E-state index in [4.69, 9.17) is 4.74 Å². The molecule has 3 aromatic rings. The van der Waals surface area contributed by atoms with Gasteiger partial charge in [0.2, 0.25) is 0 Å². The van der Waals surface area contributed by atoms with Crippen molar-refractivity contribution in [3.63, 3.8) is 0 Å². The van der Waals surface area contributed by atoms with Gasteiger partial charge in [0.25, 0.3) is 0 Å². The Morgan fingerprint density at radius 3 is 2.28 bits per heavy atom. The van der Waals surface area contributed by atoms with E-state index in [0.29, 0.717) is 11.3 Å². The van der Waals surface area contributed by atoms with Gasteiger partial charge < -0.3 is 9.84 Å². The third-order valence-corrected chi connectivity index (χ3v) is 3.91. The molecule has 25 heavy (non-hydrogen) atoms. The largest absolute Gasteiger partial charge is 0.504 e. The summed E-state index contributed by atoms with van der Waals surface area (Å²) in [6.45, 7) is 0. The Hall–Kier alpha value is -3.33. The zero-order valence-corrected chi connectivity index (χ0v) is 13.8. The molecule has 0 unspecified atom stereocenters. The molecule has 1 N–H and O–H groups in total. The number of ether oxygens (including phenoxy) is 1. The first-order valence-corrected chi connectivity index (χ1v) is 7.92. The molecule has 3 rings (SSSR count). The van der Waals surface area contributed by atoms with Crippen LogP contribution in [0, 0.1) is 0 Å². The van der Waals surface area contributed by atoms with Crippen molar-refractivity contribution in [2.45, 2.75) is 0 Å². The van der Waals surface area contributed by atoms with Crippen LogP contribution in [0.4, 0.5) is 0 Å². The van der Waals surface area contributed by atoms with Crippen LogP contribution < -0.4 is 4.74 Å². The number of carbonyl (C=O) groups is 1. The summed E-state index contributed by atoms with van der Waals surface area (Å²) >= 11 is 0. The van der Waals surface area contributed by atoms with Crippen LogP contribution in [-0.4, -0.2) is 18.0 Å². The van der Waals surface area contributed by atoms with E-state index in [1.807, 2.05) is 54.6 Å². The van der Waals surface area contributed by atoms with Gasteiger partial charge in [0.15, 0.2) is 17.3 Å². The van der Waals surface area contributed by atoms with Crippen molar-refractivity contribution in [2.24, 2.45) is 0 Å². The Kier molecular flexibility index (Phi) is 4.95. The Morgan fingerprint density at radius 2 is 1.60 bits per heavy atom. The molecular weight excluding hydrogens is 312 g/mol. The van der Waals surface area contributed by atoms with E-state index in [1.165, 1.54) is 19.3 Å². The zero-order chi connectivity index (χ0) is 17.6. The Balaban J connectivity index is 1.75. The zero-order valence-electron chi connectivity index (χ0n) is 13.8. The predicted octanol–water partition coefficient (Wildman–Crippen LogP) is 4.96. The number of allylic oxidation sites excluding steroid dienone is 1. The van der Waals surface area contributed by atoms with Crippen molar-refractivity contribution in [1.82, 2.24) is 0 Å². The van der Waals surface area contributed by atoms with Crippen molar-refractivity contribution in [3.05, 3.63) is 90.0 Å². The average Bonchev–Trinajstić information content (AvgIpc) is 2.68. The van der Waals surface area contributed by atoms with E-state index in [2.05, 4.69) is 0 Å². The summed E-state index contributed by atoms with van der Waals surface area (Å²) in [5, 5.41) is 9.59. The molecule has 0 saturated carbocycles. The maximum absolute atomic E-state index is 12.3. The van der Waals surface area contributed by atoms with Gasteiger partial charge in [-0.05, 0) is 34.9 Å². The van der Waals surface area contributed by atoms with E-state index in [-0.39, 0.29) is 11.5 Å². The van der Waals surface area contributed by atoms with Crippen LogP contribution in [0.25, 0.3) is 17.2 Å². The molecule has 0 aliphatic carbocycles. The monoisotopic (exact) mass is 330 g/mol. The van der Waals surface area contributed by atoms with Gasteiger partial charge in [0, 0.05) is 5.56 Å². The highest BCUT2D eigenvalue weighted by Crippen LogP contribution is 2.27. The van der Waals surface area contributed by atoms with Gasteiger partial charge in [-0.1, -0.05) is 66.7 Å². The Labute approximate surface area is 146 Å². The van der Waals surface area contributed by atoms with Crippen molar-refractivity contribution >= 4 is 11.9 Å². The van der Waals surface area contributed by atoms with Crippen molar-refractivity contribution in [3.8, 4) is 22.6 Å². The minimum Gasteiger partial charge on any atom is -0.504 e. The Bertz CT molecular complexity index is 894. The first-order chi connectivity index (χ1) is 12.2. The predicted molar refractivity (Wildman–Crippen MR) is 99.9 cm³/mol. The Morgan fingerprint density at radius 1 is 0.920 bits per heavy atom. The van der Waals surface area contributed by atoms with Gasteiger partial charge in [-0.15, -0.1) is 0 Å². The normalized spacial score (nSPS) is 10.8. The summed E-state index contributed by atoms with van der Waals surface area (Å²) in [4.78, 5) is 12.3. The lowest BCUT2D eigenvalue weighted by atomic mass is 10.0. The molecule has 0 atom stereocenters. The van der Waals surface area contributed by atoms with Gasteiger partial charge in [-0.2, -0.15) is 0 Å². The number of carbonyl (C=O) groups excluding carboxylic acids is 1. The number of aromatic hydroxyl groups is 1. The van der Waals surface area contributed by atoms with Gasteiger partial charge in [-0.3, -0.25) is 4.79 Å². The number of phenolic OH excluding ortho intramolecular Hbond substituents is 1. The van der Waals surface area contributed by atoms with Gasteiger partial charge in [-0.25, -0.2) is 0 Å². The average molecular weight is 330 g/mol. The number of ketones is 1. The maximum Gasteiger partial charge on any atom is 0.185 e. The molecule has 0 aliphatic heterocycles. The highest BCUT2D eigenvalue weighted by Gasteiger charge is 2.04. The maximum atomic E-state index is 12.3. The third kappa shape index (κ3) is 3.96. The molecule has 0 bridgehead atoms. The summed E-state index contributed by atoms with van der Waals surface area (Å²) in [6, 6.07) is 22.5. The molecule has 124 valence electrons. The lowest BCUT2D eigenvalue weighted by Gasteiger charge is -2.04. The molecule has 0 aromatic heterocycles. The highest BCUT2D eigenvalue weighted by molar-refractivity contribution is 6.07. The number of phenols is 1. The lowest BCUT2D eigenvalue weighted by molar-refractivity contribution is 0.104. The van der Waals surface area contributed by atoms with Crippen molar-refractivity contribution < 1.29 is 14.6 Å². The van der Waals surface area contributed by atoms with E-state index in [1.54, 1.807) is 18.2 Å². The van der Waals surface area contributed by atoms with Crippen LogP contribution in [0.3, 0.4) is 0 Å². The molecule has 3 aromatic carbocycles. The lowest BCUT2D eigenvalue weighted by Crippen LogP contribution is -1.94. The number of hydrogen-bond donors (Lipinski definition) is 1. The fourth-order valence-corrected chi connectivity index (χ4v) is 2.52. The molecule has 0 saturated heterocycles. The topological polar surface area (TPSA) is 46.5 Å². The van der Waals surface area contributed by atoms with E-state index < -0.39 is 0 Å².